The van der Waals surface area contributed by atoms with Crippen LogP contribution < -0.4 is 4.74 Å². The predicted octanol–water partition coefficient (Wildman–Crippen LogP) is 1.84. The Labute approximate surface area is 105 Å². The van der Waals surface area contributed by atoms with Crippen LogP contribution in [0.2, 0.25) is 0 Å². The van der Waals surface area contributed by atoms with Gasteiger partial charge < -0.3 is 14.9 Å². The molecule has 1 aromatic rings. The van der Waals surface area contributed by atoms with E-state index in [0.29, 0.717) is 0 Å². The highest BCUT2D eigenvalue weighted by molar-refractivity contribution is 5.73. The van der Waals surface area contributed by atoms with E-state index < -0.39 is 36.9 Å². The van der Waals surface area contributed by atoms with Gasteiger partial charge in [0.15, 0.2) is 0 Å². The SMILES string of the molecule is O=C(O)Cc1ccc(CC(=O)O)c(OC(F)(F)F)c1. The van der Waals surface area contributed by atoms with Crippen LogP contribution in [0.3, 0.4) is 0 Å². The zero-order valence-corrected chi connectivity index (χ0v) is 9.40. The van der Waals surface area contributed by atoms with Gasteiger partial charge in [0, 0.05) is 5.56 Å². The molecule has 104 valence electrons. The Balaban J connectivity index is 3.10. The first-order valence-electron chi connectivity index (χ1n) is 4.98. The van der Waals surface area contributed by atoms with Crippen molar-refractivity contribution in [3.05, 3.63) is 29.3 Å². The molecule has 0 aliphatic heterocycles. The van der Waals surface area contributed by atoms with E-state index in [0.717, 1.165) is 12.1 Å². The zero-order chi connectivity index (χ0) is 14.6. The first-order valence-corrected chi connectivity index (χ1v) is 4.98. The Morgan fingerprint density at radius 2 is 1.68 bits per heavy atom. The molecule has 0 bridgehead atoms. The molecular weight excluding hydrogens is 269 g/mol. The molecule has 1 aromatic carbocycles. The van der Waals surface area contributed by atoms with Crippen LogP contribution in [0.15, 0.2) is 18.2 Å². The molecule has 19 heavy (non-hydrogen) atoms. The molecular formula is C11H9F3O5. The molecule has 0 spiro atoms. The fraction of sp³-hybridized carbons (Fsp3) is 0.273. The van der Waals surface area contributed by atoms with E-state index in [1.807, 2.05) is 0 Å². The summed E-state index contributed by atoms with van der Waals surface area (Å²) in [6.07, 6.45) is -6.12. The van der Waals surface area contributed by atoms with E-state index in [9.17, 15) is 22.8 Å². The van der Waals surface area contributed by atoms with Crippen LogP contribution >= 0.6 is 0 Å². The predicted molar refractivity (Wildman–Crippen MR) is 55.8 cm³/mol. The number of hydrogen-bond donors (Lipinski definition) is 2. The van der Waals surface area contributed by atoms with Crippen molar-refractivity contribution >= 4 is 11.9 Å². The van der Waals surface area contributed by atoms with Gasteiger partial charge in [0.25, 0.3) is 0 Å². The van der Waals surface area contributed by atoms with Gasteiger partial charge in [0.05, 0.1) is 12.8 Å². The third-order valence-corrected chi connectivity index (χ3v) is 2.05. The van der Waals surface area contributed by atoms with Gasteiger partial charge >= 0.3 is 18.3 Å². The number of carboxylic acid groups (broad SMARTS) is 2. The Hall–Kier alpha value is -2.25. The molecule has 0 fully saturated rings. The molecule has 0 aliphatic carbocycles. The first kappa shape index (κ1) is 14.8. The minimum atomic E-state index is -4.98. The number of ether oxygens (including phenoxy) is 1. The summed E-state index contributed by atoms with van der Waals surface area (Å²) in [5.41, 5.74) is -0.0974. The minimum Gasteiger partial charge on any atom is -0.481 e. The number of benzene rings is 1. The number of rotatable bonds is 5. The Kier molecular flexibility index (Phi) is 4.36. The van der Waals surface area contributed by atoms with E-state index in [2.05, 4.69) is 4.74 Å². The lowest BCUT2D eigenvalue weighted by atomic mass is 10.1. The third kappa shape index (κ3) is 5.28. The van der Waals surface area contributed by atoms with Crippen molar-refractivity contribution in [2.24, 2.45) is 0 Å². The Morgan fingerprint density at radius 1 is 1.11 bits per heavy atom. The molecule has 0 unspecified atom stereocenters. The van der Waals surface area contributed by atoms with E-state index >= 15 is 0 Å². The van der Waals surface area contributed by atoms with Gasteiger partial charge in [0.2, 0.25) is 0 Å². The average molecular weight is 278 g/mol. The Morgan fingerprint density at radius 3 is 2.16 bits per heavy atom. The summed E-state index contributed by atoms with van der Waals surface area (Å²) in [6.45, 7) is 0. The van der Waals surface area contributed by atoms with Crippen molar-refractivity contribution in [1.29, 1.82) is 0 Å². The van der Waals surface area contributed by atoms with Crippen molar-refractivity contribution in [3.8, 4) is 5.75 Å². The van der Waals surface area contributed by atoms with Crippen LogP contribution in [-0.4, -0.2) is 28.5 Å². The maximum absolute atomic E-state index is 12.2. The molecule has 8 heteroatoms. The summed E-state index contributed by atoms with van der Waals surface area (Å²) in [5, 5.41) is 17.1. The van der Waals surface area contributed by atoms with Crippen molar-refractivity contribution in [1.82, 2.24) is 0 Å². The fourth-order valence-corrected chi connectivity index (χ4v) is 1.41. The standard InChI is InChI=1S/C11H9F3O5/c12-11(13,14)19-8-3-6(4-9(15)16)1-2-7(8)5-10(17)18/h1-3H,4-5H2,(H,15,16)(H,17,18). The Bertz CT molecular complexity index is 496. The van der Waals surface area contributed by atoms with E-state index in [-0.39, 0.29) is 11.1 Å². The highest BCUT2D eigenvalue weighted by Gasteiger charge is 2.32. The number of carboxylic acids is 2. The fourth-order valence-electron chi connectivity index (χ4n) is 1.41. The highest BCUT2D eigenvalue weighted by atomic mass is 19.4. The van der Waals surface area contributed by atoms with E-state index in [4.69, 9.17) is 10.2 Å². The number of aliphatic carboxylic acids is 2. The monoisotopic (exact) mass is 278 g/mol. The second-order valence-electron chi connectivity index (χ2n) is 3.63. The molecule has 0 radical (unpaired) electrons. The van der Waals surface area contributed by atoms with Gasteiger partial charge in [-0.25, -0.2) is 0 Å². The zero-order valence-electron chi connectivity index (χ0n) is 9.40. The maximum Gasteiger partial charge on any atom is 0.573 e. The number of halogens is 3. The van der Waals surface area contributed by atoms with Gasteiger partial charge in [-0.3, -0.25) is 9.59 Å². The molecule has 2 N–H and O–H groups in total. The summed E-state index contributed by atoms with van der Waals surface area (Å²) in [4.78, 5) is 21.0. The summed E-state index contributed by atoms with van der Waals surface area (Å²) >= 11 is 0. The van der Waals surface area contributed by atoms with E-state index in [1.165, 1.54) is 6.07 Å². The van der Waals surface area contributed by atoms with Gasteiger partial charge in [-0.1, -0.05) is 12.1 Å². The summed E-state index contributed by atoms with van der Waals surface area (Å²) < 4.78 is 40.2. The lowest BCUT2D eigenvalue weighted by Gasteiger charge is -2.13. The van der Waals surface area contributed by atoms with Gasteiger partial charge in [-0.15, -0.1) is 13.2 Å². The second-order valence-corrected chi connectivity index (χ2v) is 3.63. The summed E-state index contributed by atoms with van der Waals surface area (Å²) in [7, 11) is 0. The molecule has 0 atom stereocenters. The molecule has 0 aromatic heterocycles. The first-order chi connectivity index (χ1) is 8.67. The van der Waals surface area contributed by atoms with Crippen LogP contribution in [0.5, 0.6) is 5.75 Å². The van der Waals surface area contributed by atoms with Crippen LogP contribution in [0.1, 0.15) is 11.1 Å². The maximum atomic E-state index is 12.2. The smallest absolute Gasteiger partial charge is 0.481 e. The molecule has 1 rings (SSSR count). The number of alkyl halides is 3. The number of carbonyl (C=O) groups is 2. The summed E-state index contributed by atoms with van der Waals surface area (Å²) in [6, 6.07) is 3.23. The molecule has 0 aliphatic rings. The molecule has 0 saturated carbocycles. The van der Waals surface area contributed by atoms with Gasteiger partial charge in [-0.05, 0) is 11.6 Å². The molecule has 0 amide bonds. The van der Waals surface area contributed by atoms with Crippen molar-refractivity contribution < 1.29 is 37.7 Å². The summed E-state index contributed by atoms with van der Waals surface area (Å²) in [5.74, 6) is -3.24. The number of hydrogen-bond acceptors (Lipinski definition) is 3. The van der Waals surface area contributed by atoms with Crippen LogP contribution in [0.25, 0.3) is 0 Å². The van der Waals surface area contributed by atoms with Crippen molar-refractivity contribution in [3.63, 3.8) is 0 Å². The topological polar surface area (TPSA) is 83.8 Å². The van der Waals surface area contributed by atoms with E-state index in [1.54, 1.807) is 0 Å². The third-order valence-electron chi connectivity index (χ3n) is 2.05. The average Bonchev–Trinajstić information content (AvgIpc) is 2.18. The normalized spacial score (nSPS) is 11.1. The quantitative estimate of drug-likeness (QED) is 0.858. The highest BCUT2D eigenvalue weighted by Crippen LogP contribution is 2.28. The molecule has 0 saturated heterocycles. The molecule has 5 nitrogen and oxygen atoms in total. The molecule has 0 heterocycles. The largest absolute Gasteiger partial charge is 0.573 e. The lowest BCUT2D eigenvalue weighted by molar-refractivity contribution is -0.275. The minimum absolute atomic E-state index is 0.0842. The van der Waals surface area contributed by atoms with Crippen LogP contribution in [0, 0.1) is 0 Å². The lowest BCUT2D eigenvalue weighted by Crippen LogP contribution is -2.19. The van der Waals surface area contributed by atoms with Crippen molar-refractivity contribution in [2.45, 2.75) is 19.2 Å². The van der Waals surface area contributed by atoms with Crippen LogP contribution in [0.4, 0.5) is 13.2 Å². The second kappa shape index (κ2) is 5.59. The van der Waals surface area contributed by atoms with Crippen molar-refractivity contribution in [2.75, 3.05) is 0 Å². The van der Waals surface area contributed by atoms with Gasteiger partial charge in [-0.2, -0.15) is 0 Å². The van der Waals surface area contributed by atoms with Crippen LogP contribution in [-0.2, 0) is 22.4 Å². The van der Waals surface area contributed by atoms with Gasteiger partial charge in [0.1, 0.15) is 5.75 Å².